The van der Waals surface area contributed by atoms with Crippen molar-refractivity contribution >= 4 is 17.5 Å². The molecule has 1 aliphatic rings. The number of nitrogens with one attached hydrogen (secondary N) is 1. The molecule has 25 heavy (non-hydrogen) atoms. The lowest BCUT2D eigenvalue weighted by atomic mass is 9.99. The van der Waals surface area contributed by atoms with E-state index in [9.17, 15) is 4.79 Å². The molecule has 7 nitrogen and oxygen atoms in total. The maximum absolute atomic E-state index is 11.4. The van der Waals surface area contributed by atoms with Crippen molar-refractivity contribution < 1.29 is 4.79 Å². The number of carbonyl (C=O) groups excluding carboxylic acids is 1. The summed E-state index contributed by atoms with van der Waals surface area (Å²) in [5, 5.41) is 3.25. The van der Waals surface area contributed by atoms with Crippen LogP contribution in [0, 0.1) is 13.8 Å². The fourth-order valence-corrected chi connectivity index (χ4v) is 3.28. The van der Waals surface area contributed by atoms with Gasteiger partial charge in [-0.25, -0.2) is 15.0 Å². The molecule has 0 unspecified atom stereocenters. The lowest BCUT2D eigenvalue weighted by Crippen LogP contribution is -2.40. The monoisotopic (exact) mass is 340 g/mol. The first-order chi connectivity index (χ1) is 12.0. The summed E-state index contributed by atoms with van der Waals surface area (Å²) in [6, 6.07) is 7.85. The minimum atomic E-state index is -0.306. The molecular formula is C18H24N6O. The molecule has 132 valence electrons. The number of amides is 1. The molecule has 0 spiro atoms. The summed E-state index contributed by atoms with van der Waals surface area (Å²) in [5.74, 6) is 1.85. The summed E-state index contributed by atoms with van der Waals surface area (Å²) in [7, 11) is 0. The van der Waals surface area contributed by atoms with Crippen molar-refractivity contribution in [1.82, 2.24) is 19.9 Å². The van der Waals surface area contributed by atoms with Crippen molar-refractivity contribution in [2.45, 2.75) is 39.2 Å². The number of rotatable bonds is 5. The largest absolute Gasteiger partial charge is 0.369 e. The van der Waals surface area contributed by atoms with E-state index in [2.05, 4.69) is 25.2 Å². The van der Waals surface area contributed by atoms with Gasteiger partial charge < -0.3 is 11.1 Å². The van der Waals surface area contributed by atoms with Crippen LogP contribution in [-0.4, -0.2) is 38.8 Å². The van der Waals surface area contributed by atoms with E-state index in [0.717, 1.165) is 43.0 Å². The van der Waals surface area contributed by atoms with Crippen LogP contribution in [0.25, 0.3) is 0 Å². The maximum atomic E-state index is 11.4. The van der Waals surface area contributed by atoms with E-state index in [4.69, 9.17) is 5.73 Å². The highest BCUT2D eigenvalue weighted by atomic mass is 16.1. The van der Waals surface area contributed by atoms with Crippen LogP contribution in [0.4, 0.5) is 11.6 Å². The molecule has 3 heterocycles. The number of piperidine rings is 1. The highest BCUT2D eigenvalue weighted by Crippen LogP contribution is 2.30. The summed E-state index contributed by atoms with van der Waals surface area (Å²) < 4.78 is 0. The van der Waals surface area contributed by atoms with E-state index in [-0.39, 0.29) is 18.5 Å². The summed E-state index contributed by atoms with van der Waals surface area (Å²) in [6.07, 6.45) is 3.16. The summed E-state index contributed by atoms with van der Waals surface area (Å²) in [5.41, 5.74) is 7.27. The van der Waals surface area contributed by atoms with Gasteiger partial charge >= 0.3 is 0 Å². The molecule has 0 aliphatic carbocycles. The van der Waals surface area contributed by atoms with Crippen molar-refractivity contribution in [3.63, 3.8) is 0 Å². The van der Waals surface area contributed by atoms with Gasteiger partial charge in [-0.3, -0.25) is 9.69 Å². The van der Waals surface area contributed by atoms with Gasteiger partial charge in [-0.1, -0.05) is 12.5 Å². The summed E-state index contributed by atoms with van der Waals surface area (Å²) >= 11 is 0. The van der Waals surface area contributed by atoms with Crippen molar-refractivity contribution in [2.75, 3.05) is 18.4 Å². The summed E-state index contributed by atoms with van der Waals surface area (Å²) in [6.45, 7) is 4.94. The lowest BCUT2D eigenvalue weighted by Gasteiger charge is -2.34. The summed E-state index contributed by atoms with van der Waals surface area (Å²) in [4.78, 5) is 27.0. The number of aryl methyl sites for hydroxylation is 2. The average molecular weight is 340 g/mol. The van der Waals surface area contributed by atoms with E-state index < -0.39 is 0 Å². The molecule has 1 saturated heterocycles. The van der Waals surface area contributed by atoms with E-state index in [1.54, 1.807) is 0 Å². The molecule has 0 bridgehead atoms. The second-order valence-corrected chi connectivity index (χ2v) is 6.46. The first-order valence-electron chi connectivity index (χ1n) is 8.60. The van der Waals surface area contributed by atoms with Crippen LogP contribution < -0.4 is 11.1 Å². The van der Waals surface area contributed by atoms with E-state index in [0.29, 0.717) is 11.6 Å². The number of primary amides is 1. The molecule has 0 saturated carbocycles. The minimum absolute atomic E-state index is 0.0916. The standard InChI is InChI=1S/C18H24N6O/c1-12-6-5-8-17(20-12)23-18-10-14(21-13(2)22-18)15-7-3-4-9-24(15)11-16(19)25/h5-6,8,10,15H,3-4,7,9,11H2,1-2H3,(H2,19,25)(H,20,21,22,23)/t15-/m0/s1. The molecule has 1 atom stereocenters. The Morgan fingerprint density at radius 1 is 1.24 bits per heavy atom. The Labute approximate surface area is 147 Å². The Morgan fingerprint density at radius 3 is 2.84 bits per heavy atom. The third-order valence-electron chi connectivity index (χ3n) is 4.32. The molecule has 0 radical (unpaired) electrons. The third kappa shape index (κ3) is 4.51. The van der Waals surface area contributed by atoms with Gasteiger partial charge in [0.15, 0.2) is 0 Å². The number of aromatic nitrogens is 3. The van der Waals surface area contributed by atoms with Gasteiger partial charge in [0.2, 0.25) is 5.91 Å². The third-order valence-corrected chi connectivity index (χ3v) is 4.32. The molecule has 1 fully saturated rings. The molecule has 0 aromatic carbocycles. The number of pyridine rings is 1. The van der Waals surface area contributed by atoms with Gasteiger partial charge in [-0.2, -0.15) is 0 Å². The molecular weight excluding hydrogens is 316 g/mol. The van der Waals surface area contributed by atoms with Crippen molar-refractivity contribution in [2.24, 2.45) is 5.73 Å². The fourth-order valence-electron chi connectivity index (χ4n) is 3.28. The molecule has 3 rings (SSSR count). The van der Waals surface area contributed by atoms with E-state index in [1.165, 1.54) is 0 Å². The normalized spacial score (nSPS) is 18.1. The number of hydrogen-bond donors (Lipinski definition) is 2. The molecule has 3 N–H and O–H groups in total. The van der Waals surface area contributed by atoms with E-state index in [1.807, 2.05) is 38.1 Å². The molecule has 2 aromatic rings. The van der Waals surface area contributed by atoms with Crippen LogP contribution in [0.5, 0.6) is 0 Å². The van der Waals surface area contributed by atoms with Gasteiger partial charge in [0.1, 0.15) is 17.5 Å². The average Bonchev–Trinajstić information content (AvgIpc) is 2.54. The van der Waals surface area contributed by atoms with Crippen LogP contribution in [0.2, 0.25) is 0 Å². The molecule has 7 heteroatoms. The predicted molar refractivity (Wildman–Crippen MR) is 96.4 cm³/mol. The van der Waals surface area contributed by atoms with Crippen LogP contribution in [0.1, 0.15) is 42.5 Å². The zero-order valence-electron chi connectivity index (χ0n) is 14.7. The first kappa shape index (κ1) is 17.3. The maximum Gasteiger partial charge on any atom is 0.231 e. The Balaban J connectivity index is 1.86. The van der Waals surface area contributed by atoms with Gasteiger partial charge in [-0.05, 0) is 45.4 Å². The van der Waals surface area contributed by atoms with Gasteiger partial charge in [-0.15, -0.1) is 0 Å². The molecule has 1 amide bonds. The molecule has 1 aliphatic heterocycles. The zero-order chi connectivity index (χ0) is 17.8. The number of hydrogen-bond acceptors (Lipinski definition) is 6. The second-order valence-electron chi connectivity index (χ2n) is 6.46. The van der Waals surface area contributed by atoms with Gasteiger partial charge in [0.05, 0.1) is 18.3 Å². The number of carbonyl (C=O) groups is 1. The number of likely N-dealkylation sites (tertiary alicyclic amines) is 1. The Kier molecular flexibility index (Phi) is 5.23. The van der Waals surface area contributed by atoms with Crippen molar-refractivity contribution in [3.8, 4) is 0 Å². The highest BCUT2D eigenvalue weighted by molar-refractivity contribution is 5.76. The number of nitrogens with zero attached hydrogens (tertiary/aromatic N) is 4. The van der Waals surface area contributed by atoms with Crippen LogP contribution in [0.15, 0.2) is 24.3 Å². The van der Waals surface area contributed by atoms with Crippen LogP contribution in [0.3, 0.4) is 0 Å². The first-order valence-corrected chi connectivity index (χ1v) is 8.60. The topological polar surface area (TPSA) is 97.0 Å². The quantitative estimate of drug-likeness (QED) is 0.866. The van der Waals surface area contributed by atoms with Crippen molar-refractivity contribution in [3.05, 3.63) is 41.5 Å². The second kappa shape index (κ2) is 7.57. The number of anilines is 2. The SMILES string of the molecule is Cc1cccc(Nc2cc([C@@H]3CCCCN3CC(N)=O)nc(C)n2)n1. The molecule has 2 aromatic heterocycles. The van der Waals surface area contributed by atoms with Crippen LogP contribution >= 0.6 is 0 Å². The van der Waals surface area contributed by atoms with E-state index >= 15 is 0 Å². The smallest absolute Gasteiger partial charge is 0.231 e. The van der Waals surface area contributed by atoms with Crippen molar-refractivity contribution in [1.29, 1.82) is 0 Å². The lowest BCUT2D eigenvalue weighted by molar-refractivity contribution is -0.120. The van der Waals surface area contributed by atoms with Crippen LogP contribution in [-0.2, 0) is 4.79 Å². The van der Waals surface area contributed by atoms with Gasteiger partial charge in [0, 0.05) is 11.8 Å². The minimum Gasteiger partial charge on any atom is -0.369 e. The number of nitrogens with two attached hydrogens (primary N) is 1. The van der Waals surface area contributed by atoms with Gasteiger partial charge in [0.25, 0.3) is 0 Å². The highest BCUT2D eigenvalue weighted by Gasteiger charge is 2.26. The zero-order valence-corrected chi connectivity index (χ0v) is 14.7. The fraction of sp³-hybridized carbons (Fsp3) is 0.444. The Bertz CT molecular complexity index is 763. The Morgan fingerprint density at radius 2 is 2.08 bits per heavy atom. The predicted octanol–water partition coefficient (Wildman–Crippen LogP) is 2.24. The Hall–Kier alpha value is -2.54.